The smallest absolute Gasteiger partial charge is 0.322 e. The van der Waals surface area contributed by atoms with Crippen LogP contribution >= 0.6 is 0 Å². The molecule has 5 heterocycles. The Bertz CT molecular complexity index is 1770. The molecule has 0 aliphatic carbocycles. The van der Waals surface area contributed by atoms with Crippen molar-refractivity contribution >= 4 is 59.1 Å². The molecular formula is C39H61N11O13. The van der Waals surface area contributed by atoms with Crippen molar-refractivity contribution in [1.82, 2.24) is 45.8 Å². The summed E-state index contributed by atoms with van der Waals surface area (Å²) in [4.78, 5) is 137. The van der Waals surface area contributed by atoms with Gasteiger partial charge in [0.2, 0.25) is 53.2 Å². The molecule has 8 atom stereocenters. The second-order valence-corrected chi connectivity index (χ2v) is 16.6. The summed E-state index contributed by atoms with van der Waals surface area (Å²) >= 11 is 0. The summed E-state index contributed by atoms with van der Waals surface area (Å²) in [6.07, 6.45) is 1.28. The van der Waals surface area contributed by atoms with Crippen molar-refractivity contribution in [1.29, 1.82) is 0 Å². The first-order chi connectivity index (χ1) is 30.1. The molecule has 24 nitrogen and oxygen atoms in total. The third-order valence-electron chi connectivity index (χ3n) is 12.3. The molecule has 0 spiro atoms. The average molecular weight is 892 g/mol. The average Bonchev–Trinajstić information content (AvgIpc) is 4.12. The molecule has 11 N–H and O–H groups in total. The SMILES string of the molecule is NCCCC[C@H](NC(=O)[C@@H]1CCCN1C(=O)CN)C(=O)NCC(=O)N1CCC[C@H]1C(=O)N1C[C@H](O)C[C@H]1C(=O)NCC(=O)N1CCC[C@H]1C(=O)N1C[C@H](O)C[C@H]1C(=O)NCC(=O)O. The summed E-state index contributed by atoms with van der Waals surface area (Å²) < 4.78 is 0. The third-order valence-corrected chi connectivity index (χ3v) is 12.3. The number of rotatable bonds is 18. The molecule has 0 aromatic heterocycles. The Morgan fingerprint density at radius 3 is 1.49 bits per heavy atom. The molecule has 24 heteroatoms. The molecule has 5 aliphatic rings. The molecule has 63 heavy (non-hydrogen) atoms. The van der Waals surface area contributed by atoms with Crippen molar-refractivity contribution in [2.45, 2.75) is 119 Å². The highest BCUT2D eigenvalue weighted by Gasteiger charge is 2.47. The largest absolute Gasteiger partial charge is 0.480 e. The minimum atomic E-state index is -1.29. The minimum Gasteiger partial charge on any atom is -0.480 e. The number of carboxylic acids is 1. The Kier molecular flexibility index (Phi) is 17.2. The number of nitrogens with two attached hydrogens (primary N) is 2. The lowest BCUT2D eigenvalue weighted by molar-refractivity contribution is -0.148. The molecule has 5 saturated heterocycles. The number of hydrogen-bond donors (Lipinski definition) is 9. The number of nitrogens with one attached hydrogen (secondary N) is 4. The highest BCUT2D eigenvalue weighted by atomic mass is 16.4. The summed E-state index contributed by atoms with van der Waals surface area (Å²) in [7, 11) is 0. The lowest BCUT2D eigenvalue weighted by atomic mass is 10.1. The van der Waals surface area contributed by atoms with Gasteiger partial charge in [0.1, 0.15) is 42.8 Å². The van der Waals surface area contributed by atoms with E-state index in [9.17, 15) is 58.2 Å². The van der Waals surface area contributed by atoms with Gasteiger partial charge in [-0.15, -0.1) is 0 Å². The van der Waals surface area contributed by atoms with E-state index in [0.29, 0.717) is 51.6 Å². The molecular weight excluding hydrogens is 830 g/mol. The summed E-state index contributed by atoms with van der Waals surface area (Å²) in [6.45, 7) is -1.35. The van der Waals surface area contributed by atoms with Gasteiger partial charge < -0.3 is 72.6 Å². The minimum absolute atomic E-state index is 0.113. The molecule has 0 aromatic carbocycles. The molecule has 0 radical (unpaired) electrons. The lowest BCUT2D eigenvalue weighted by Gasteiger charge is -2.32. The number of carbonyl (C=O) groups is 10. The predicted molar refractivity (Wildman–Crippen MR) is 217 cm³/mol. The maximum Gasteiger partial charge on any atom is 0.322 e. The number of carbonyl (C=O) groups excluding carboxylic acids is 9. The van der Waals surface area contributed by atoms with E-state index in [-0.39, 0.29) is 70.7 Å². The Balaban J connectivity index is 1.15. The molecule has 0 saturated carbocycles. The monoisotopic (exact) mass is 891 g/mol. The number of nitrogens with zero attached hydrogens (tertiary/aromatic N) is 5. The standard InChI is InChI=1S/C39H61N11O13/c40-10-2-1-6-24(45-37(61)25-7-3-11-46(25)30(53)16-41)34(58)42-17-31(54)47-12-4-8-26(47)38(62)49-20-22(51)14-28(49)35(59)43-18-32(55)48-13-5-9-27(48)39(63)50-21-23(52)15-29(50)36(60)44-19-33(56)57/h22-29,51-52H,1-21,40-41H2,(H,42,58)(H,43,59)(H,44,60)(H,45,61)(H,56,57)/t22-,23-,24+,25+,26+,27+,28+,29+/m1/s1. The van der Waals surface area contributed by atoms with Crippen molar-refractivity contribution in [2.24, 2.45) is 11.5 Å². The lowest BCUT2D eigenvalue weighted by Crippen LogP contribution is -2.56. The molecule has 350 valence electrons. The molecule has 0 bridgehead atoms. The van der Waals surface area contributed by atoms with E-state index in [4.69, 9.17) is 16.6 Å². The van der Waals surface area contributed by atoms with E-state index in [1.165, 1.54) is 19.6 Å². The van der Waals surface area contributed by atoms with Gasteiger partial charge in [-0.05, 0) is 64.3 Å². The van der Waals surface area contributed by atoms with Crippen LogP contribution in [0.3, 0.4) is 0 Å². The van der Waals surface area contributed by atoms with Crippen LogP contribution in [0.15, 0.2) is 0 Å². The molecule has 0 unspecified atom stereocenters. The van der Waals surface area contributed by atoms with Gasteiger partial charge in [0, 0.05) is 45.6 Å². The van der Waals surface area contributed by atoms with Crippen LogP contribution in [-0.2, 0) is 47.9 Å². The van der Waals surface area contributed by atoms with Crippen LogP contribution in [0, 0.1) is 0 Å². The van der Waals surface area contributed by atoms with E-state index in [1.54, 1.807) is 0 Å². The van der Waals surface area contributed by atoms with Gasteiger partial charge in [0.25, 0.3) is 0 Å². The molecule has 9 amide bonds. The number of aliphatic hydroxyl groups is 2. The fraction of sp³-hybridized carbons (Fsp3) is 0.744. The van der Waals surface area contributed by atoms with Crippen LogP contribution in [0.4, 0.5) is 0 Å². The first-order valence-electron chi connectivity index (χ1n) is 21.7. The van der Waals surface area contributed by atoms with Crippen LogP contribution in [0.5, 0.6) is 0 Å². The number of β-amino-alcohol motifs (C(OH)–C–C–N with tert-alkyl or cyclic N) is 2. The maximum absolute atomic E-state index is 14.0. The number of unbranched alkanes of at least 4 members (excludes halogenated alkanes) is 1. The Hall–Kier alpha value is -5.46. The molecule has 0 aromatic rings. The van der Waals surface area contributed by atoms with Crippen LogP contribution in [0.25, 0.3) is 0 Å². The molecule has 5 aliphatic heterocycles. The molecule has 5 fully saturated rings. The van der Waals surface area contributed by atoms with Crippen molar-refractivity contribution in [2.75, 3.05) is 65.4 Å². The number of likely N-dealkylation sites (tertiary alicyclic amines) is 5. The highest BCUT2D eigenvalue weighted by molar-refractivity contribution is 5.98. The second-order valence-electron chi connectivity index (χ2n) is 16.6. The number of carboxylic acid groups (broad SMARTS) is 1. The van der Waals surface area contributed by atoms with Gasteiger partial charge >= 0.3 is 5.97 Å². The maximum atomic E-state index is 14.0. The molecule has 5 rings (SSSR count). The van der Waals surface area contributed by atoms with E-state index in [0.717, 1.165) is 4.90 Å². The predicted octanol–water partition coefficient (Wildman–Crippen LogP) is -6.11. The van der Waals surface area contributed by atoms with Gasteiger partial charge in [0.15, 0.2) is 0 Å². The van der Waals surface area contributed by atoms with Gasteiger partial charge in [0.05, 0.1) is 31.8 Å². The normalized spacial score (nSPS) is 26.1. The first-order valence-corrected chi connectivity index (χ1v) is 21.7. The third kappa shape index (κ3) is 12.0. The fourth-order valence-electron chi connectivity index (χ4n) is 9.17. The highest BCUT2D eigenvalue weighted by Crippen LogP contribution is 2.27. The van der Waals surface area contributed by atoms with Crippen LogP contribution in [-0.4, -0.2) is 213 Å². The van der Waals surface area contributed by atoms with E-state index in [2.05, 4.69) is 21.3 Å². The van der Waals surface area contributed by atoms with E-state index in [1.807, 2.05) is 0 Å². The van der Waals surface area contributed by atoms with Crippen molar-refractivity contribution in [3.8, 4) is 0 Å². The number of hydrogen-bond acceptors (Lipinski definition) is 14. The zero-order chi connectivity index (χ0) is 46.0. The number of aliphatic hydroxyl groups excluding tert-OH is 2. The zero-order valence-corrected chi connectivity index (χ0v) is 35.3. The topological polar surface area (TPSA) is 348 Å². The zero-order valence-electron chi connectivity index (χ0n) is 35.3. The summed E-state index contributed by atoms with van der Waals surface area (Å²) in [6, 6.07) is -6.17. The van der Waals surface area contributed by atoms with Crippen LogP contribution < -0.4 is 32.7 Å². The van der Waals surface area contributed by atoms with Gasteiger partial charge in [-0.25, -0.2) is 0 Å². The summed E-state index contributed by atoms with van der Waals surface area (Å²) in [5.41, 5.74) is 11.1. The number of aliphatic carboxylic acids is 1. The van der Waals surface area contributed by atoms with Gasteiger partial charge in [-0.2, -0.15) is 0 Å². The van der Waals surface area contributed by atoms with E-state index >= 15 is 0 Å². The summed E-state index contributed by atoms with van der Waals surface area (Å²) in [5, 5.41) is 39.8. The second kappa shape index (κ2) is 22.2. The van der Waals surface area contributed by atoms with Crippen molar-refractivity contribution in [3.63, 3.8) is 0 Å². The van der Waals surface area contributed by atoms with Crippen LogP contribution in [0.1, 0.15) is 70.6 Å². The quantitative estimate of drug-likeness (QED) is 0.0579. The first kappa shape index (κ1) is 48.6. The number of amides is 9. The Morgan fingerprint density at radius 2 is 1.02 bits per heavy atom. The summed E-state index contributed by atoms with van der Waals surface area (Å²) in [5.74, 6) is -6.73. The van der Waals surface area contributed by atoms with Crippen LogP contribution in [0.2, 0.25) is 0 Å². The van der Waals surface area contributed by atoms with E-state index < -0.39 is 121 Å². The Labute approximate surface area is 363 Å². The van der Waals surface area contributed by atoms with Gasteiger partial charge in [-0.1, -0.05) is 0 Å². The van der Waals surface area contributed by atoms with Crippen molar-refractivity contribution in [3.05, 3.63) is 0 Å². The Morgan fingerprint density at radius 1 is 0.556 bits per heavy atom. The fourth-order valence-corrected chi connectivity index (χ4v) is 9.17. The van der Waals surface area contributed by atoms with Crippen molar-refractivity contribution < 1.29 is 63.3 Å². The van der Waals surface area contributed by atoms with Gasteiger partial charge in [-0.3, -0.25) is 47.9 Å².